The number of nitrogens with one attached hydrogen (secondary N) is 2. The zero-order valence-electron chi connectivity index (χ0n) is 17.2. The lowest BCUT2D eigenvalue weighted by Crippen LogP contribution is -2.38. The normalized spacial score (nSPS) is 16.5. The summed E-state index contributed by atoms with van der Waals surface area (Å²) in [6.07, 6.45) is 2.98. The van der Waals surface area contributed by atoms with Gasteiger partial charge in [0.1, 0.15) is 5.75 Å². The zero-order valence-corrected chi connectivity index (χ0v) is 19.6. The fourth-order valence-corrected chi connectivity index (χ4v) is 2.77. The summed E-state index contributed by atoms with van der Waals surface area (Å²) < 4.78 is 16.8. The first-order valence-electron chi connectivity index (χ1n) is 10.1. The molecule has 1 unspecified atom stereocenters. The van der Waals surface area contributed by atoms with Crippen molar-refractivity contribution in [2.45, 2.75) is 33.1 Å². The number of rotatable bonds is 12. The molecule has 1 aliphatic heterocycles. The maximum Gasteiger partial charge on any atom is 0.191 e. The van der Waals surface area contributed by atoms with Crippen LogP contribution < -0.4 is 15.4 Å². The Labute approximate surface area is 186 Å². The van der Waals surface area contributed by atoms with Crippen LogP contribution in [-0.2, 0) is 9.47 Å². The van der Waals surface area contributed by atoms with E-state index in [4.69, 9.17) is 14.2 Å². The fraction of sp³-hybridized carbons (Fsp3) is 0.667. The van der Waals surface area contributed by atoms with E-state index in [0.717, 1.165) is 77.0 Å². The Morgan fingerprint density at radius 2 is 2.00 bits per heavy atom. The molecule has 1 aromatic rings. The monoisotopic (exact) mass is 505 g/mol. The number of ether oxygens (including phenoxy) is 3. The molecule has 2 rings (SSSR count). The van der Waals surface area contributed by atoms with Gasteiger partial charge < -0.3 is 24.8 Å². The van der Waals surface area contributed by atoms with Gasteiger partial charge in [-0.05, 0) is 38.8 Å². The molecule has 1 fully saturated rings. The predicted molar refractivity (Wildman–Crippen MR) is 125 cm³/mol. The molecular formula is C21H36IN3O3. The van der Waals surface area contributed by atoms with Gasteiger partial charge in [-0.15, -0.1) is 24.0 Å². The molecule has 2 N–H and O–H groups in total. The summed E-state index contributed by atoms with van der Waals surface area (Å²) in [6, 6.07) is 8.13. The average Bonchev–Trinajstić information content (AvgIpc) is 3.19. The highest BCUT2D eigenvalue weighted by Crippen LogP contribution is 2.12. The molecule has 6 nitrogen and oxygen atoms in total. The van der Waals surface area contributed by atoms with E-state index in [1.807, 2.05) is 12.1 Å². The van der Waals surface area contributed by atoms with Crippen molar-refractivity contribution in [3.8, 4) is 5.75 Å². The molecule has 1 heterocycles. The third-order valence-electron chi connectivity index (χ3n) is 4.34. The molecule has 0 bridgehead atoms. The quantitative estimate of drug-likeness (QED) is 0.198. The van der Waals surface area contributed by atoms with Gasteiger partial charge in [0.25, 0.3) is 0 Å². The van der Waals surface area contributed by atoms with Crippen LogP contribution in [0.25, 0.3) is 0 Å². The highest BCUT2D eigenvalue weighted by molar-refractivity contribution is 14.0. The van der Waals surface area contributed by atoms with E-state index in [1.54, 1.807) is 0 Å². The second-order valence-corrected chi connectivity index (χ2v) is 6.86. The Kier molecular flexibility index (Phi) is 14.1. The van der Waals surface area contributed by atoms with Crippen molar-refractivity contribution in [3.63, 3.8) is 0 Å². The van der Waals surface area contributed by atoms with E-state index in [2.05, 4.69) is 41.6 Å². The van der Waals surface area contributed by atoms with Crippen LogP contribution in [0.4, 0.5) is 0 Å². The summed E-state index contributed by atoms with van der Waals surface area (Å²) >= 11 is 0. The van der Waals surface area contributed by atoms with E-state index in [-0.39, 0.29) is 24.0 Å². The first-order valence-corrected chi connectivity index (χ1v) is 10.1. The molecule has 160 valence electrons. The summed E-state index contributed by atoms with van der Waals surface area (Å²) in [4.78, 5) is 4.60. The summed E-state index contributed by atoms with van der Waals surface area (Å²) in [7, 11) is 0. The largest absolute Gasteiger partial charge is 0.494 e. The predicted octanol–water partition coefficient (Wildman–Crippen LogP) is 3.38. The Hall–Kier alpha value is -1.06. The Bertz CT molecular complexity index is 534. The molecule has 1 aromatic carbocycles. The zero-order chi connectivity index (χ0) is 19.2. The third-order valence-corrected chi connectivity index (χ3v) is 4.34. The van der Waals surface area contributed by atoms with Crippen molar-refractivity contribution < 1.29 is 14.2 Å². The van der Waals surface area contributed by atoms with Gasteiger partial charge in [0.05, 0.1) is 19.8 Å². The number of guanidine groups is 1. The van der Waals surface area contributed by atoms with E-state index in [1.165, 1.54) is 5.56 Å². The third kappa shape index (κ3) is 11.1. The number of nitrogens with zero attached hydrogens (tertiary/aromatic N) is 1. The molecule has 0 amide bonds. The van der Waals surface area contributed by atoms with E-state index in [9.17, 15) is 0 Å². The number of hydrogen-bond donors (Lipinski definition) is 2. The van der Waals surface area contributed by atoms with Crippen LogP contribution in [0.15, 0.2) is 29.3 Å². The Morgan fingerprint density at radius 3 is 2.71 bits per heavy atom. The molecule has 28 heavy (non-hydrogen) atoms. The van der Waals surface area contributed by atoms with Gasteiger partial charge >= 0.3 is 0 Å². The maximum absolute atomic E-state index is 5.73. The van der Waals surface area contributed by atoms with Crippen LogP contribution in [0.3, 0.4) is 0 Å². The smallest absolute Gasteiger partial charge is 0.191 e. The fourth-order valence-electron chi connectivity index (χ4n) is 2.77. The van der Waals surface area contributed by atoms with Crippen LogP contribution in [0.2, 0.25) is 0 Å². The first-order chi connectivity index (χ1) is 13.3. The second kappa shape index (κ2) is 15.8. The standard InChI is InChI=1S/C21H35N3O3.HI/c1-3-22-21(23-11-4-13-25-16-19-10-15-26-17-19)24-12-5-14-27-20-8-6-18(2)7-9-20;/h6-9,19H,3-5,10-17H2,1-2H3,(H2,22,23,24);1H. The number of benzene rings is 1. The second-order valence-electron chi connectivity index (χ2n) is 6.86. The molecule has 1 saturated heterocycles. The number of halogens is 1. The molecule has 1 atom stereocenters. The van der Waals surface area contributed by atoms with Crippen LogP contribution in [0, 0.1) is 12.8 Å². The van der Waals surface area contributed by atoms with Crippen molar-refractivity contribution in [2.75, 3.05) is 52.7 Å². The van der Waals surface area contributed by atoms with Gasteiger partial charge in [-0.25, -0.2) is 0 Å². The molecule has 0 saturated carbocycles. The minimum atomic E-state index is 0. The average molecular weight is 505 g/mol. The van der Waals surface area contributed by atoms with Crippen molar-refractivity contribution in [1.29, 1.82) is 0 Å². The van der Waals surface area contributed by atoms with Gasteiger partial charge in [-0.2, -0.15) is 0 Å². The number of aliphatic imine (C=N–C) groups is 1. The maximum atomic E-state index is 5.73. The topological polar surface area (TPSA) is 64.1 Å². The minimum absolute atomic E-state index is 0. The van der Waals surface area contributed by atoms with Crippen molar-refractivity contribution in [3.05, 3.63) is 29.8 Å². The van der Waals surface area contributed by atoms with Crippen LogP contribution in [0.5, 0.6) is 5.75 Å². The van der Waals surface area contributed by atoms with Gasteiger partial charge in [-0.1, -0.05) is 17.7 Å². The van der Waals surface area contributed by atoms with Crippen LogP contribution in [-0.4, -0.2) is 58.6 Å². The Balaban J connectivity index is 0.00000392. The first kappa shape index (κ1) is 25.0. The van der Waals surface area contributed by atoms with Gasteiger partial charge in [0, 0.05) is 45.2 Å². The highest BCUT2D eigenvalue weighted by atomic mass is 127. The minimum Gasteiger partial charge on any atom is -0.494 e. The number of hydrogen-bond acceptors (Lipinski definition) is 4. The van der Waals surface area contributed by atoms with E-state index < -0.39 is 0 Å². The lowest BCUT2D eigenvalue weighted by atomic mass is 10.1. The molecular weight excluding hydrogens is 469 g/mol. The molecule has 0 spiro atoms. The van der Waals surface area contributed by atoms with Crippen LogP contribution in [0.1, 0.15) is 31.7 Å². The lowest BCUT2D eigenvalue weighted by Gasteiger charge is -2.12. The molecule has 0 radical (unpaired) electrons. The summed E-state index contributed by atoms with van der Waals surface area (Å²) in [5, 5.41) is 6.63. The summed E-state index contributed by atoms with van der Waals surface area (Å²) in [6.45, 7) is 10.6. The SMILES string of the molecule is CCNC(=NCCCOc1ccc(C)cc1)NCCCOCC1CCOC1.I. The Morgan fingerprint density at radius 1 is 1.18 bits per heavy atom. The van der Waals surface area contributed by atoms with Gasteiger partial charge in [0.15, 0.2) is 5.96 Å². The van der Waals surface area contributed by atoms with Gasteiger partial charge in [0.2, 0.25) is 0 Å². The van der Waals surface area contributed by atoms with Gasteiger partial charge in [-0.3, -0.25) is 4.99 Å². The van der Waals surface area contributed by atoms with Crippen molar-refractivity contribution in [2.24, 2.45) is 10.9 Å². The summed E-state index contributed by atoms with van der Waals surface area (Å²) in [5.74, 6) is 2.36. The number of aryl methyl sites for hydroxylation is 1. The van der Waals surface area contributed by atoms with Crippen molar-refractivity contribution in [1.82, 2.24) is 10.6 Å². The molecule has 0 aliphatic carbocycles. The molecule has 7 heteroatoms. The van der Waals surface area contributed by atoms with E-state index >= 15 is 0 Å². The lowest BCUT2D eigenvalue weighted by molar-refractivity contribution is 0.0888. The van der Waals surface area contributed by atoms with Crippen LogP contribution >= 0.6 is 24.0 Å². The molecule has 0 aromatic heterocycles. The highest BCUT2D eigenvalue weighted by Gasteiger charge is 2.15. The van der Waals surface area contributed by atoms with E-state index in [0.29, 0.717) is 12.5 Å². The summed E-state index contributed by atoms with van der Waals surface area (Å²) in [5.41, 5.74) is 1.24. The molecule has 1 aliphatic rings. The van der Waals surface area contributed by atoms with Crippen molar-refractivity contribution >= 4 is 29.9 Å².